The number of benzene rings is 1. The zero-order valence-corrected chi connectivity index (χ0v) is 11.2. The third kappa shape index (κ3) is 3.21. The predicted octanol–water partition coefficient (Wildman–Crippen LogP) is 2.89. The first-order valence-corrected chi connectivity index (χ1v) is 6.18. The molecular weight excluding hydrogens is 229 g/mol. The van der Waals surface area contributed by atoms with E-state index in [2.05, 4.69) is 11.0 Å². The molecule has 0 spiro atoms. The molecule has 4 heteroatoms. The molecule has 3 nitrogen and oxygen atoms in total. The van der Waals surface area contributed by atoms with Crippen LogP contribution in [-0.4, -0.2) is 13.1 Å². The number of aryl methyl sites for hydroxylation is 1. The number of hydrogen-bond acceptors (Lipinski definition) is 3. The normalized spacial score (nSPS) is 12.0. The molecule has 1 aromatic carbocycles. The summed E-state index contributed by atoms with van der Waals surface area (Å²) in [7, 11) is 0. The number of nitrogens with zero attached hydrogens (tertiary/aromatic N) is 2. The van der Waals surface area contributed by atoms with Crippen molar-refractivity contribution in [2.75, 3.05) is 18.0 Å². The summed E-state index contributed by atoms with van der Waals surface area (Å²) < 4.78 is 13.6. The van der Waals surface area contributed by atoms with E-state index in [1.807, 2.05) is 19.9 Å². The topological polar surface area (TPSA) is 53.0 Å². The molecule has 98 valence electrons. The fraction of sp³-hybridized carbons (Fsp3) is 0.500. The summed E-state index contributed by atoms with van der Waals surface area (Å²) in [5, 5.41) is 8.67. The van der Waals surface area contributed by atoms with E-state index in [9.17, 15) is 4.39 Å². The molecule has 0 aliphatic heterocycles. The SMILES string of the molecule is CCN(CCC#N)c1cc(C)c(F)cc1C(C)N. The van der Waals surface area contributed by atoms with Crippen LogP contribution in [0.3, 0.4) is 0 Å². The summed E-state index contributed by atoms with van der Waals surface area (Å²) in [5.74, 6) is -0.234. The van der Waals surface area contributed by atoms with Crippen LogP contribution in [0.2, 0.25) is 0 Å². The Bertz CT molecular complexity index is 449. The third-order valence-electron chi connectivity index (χ3n) is 3.01. The van der Waals surface area contributed by atoms with Gasteiger partial charge in [0.25, 0.3) is 0 Å². The van der Waals surface area contributed by atoms with Crippen molar-refractivity contribution in [2.45, 2.75) is 33.2 Å². The van der Waals surface area contributed by atoms with Gasteiger partial charge in [-0.3, -0.25) is 0 Å². The van der Waals surface area contributed by atoms with Gasteiger partial charge in [-0.1, -0.05) is 0 Å². The summed E-state index contributed by atoms with van der Waals surface area (Å²) in [6.07, 6.45) is 0.447. The molecular formula is C14H20FN3. The highest BCUT2D eigenvalue weighted by molar-refractivity contribution is 5.57. The molecule has 0 heterocycles. The van der Waals surface area contributed by atoms with Crippen LogP contribution in [0.5, 0.6) is 0 Å². The molecule has 0 aliphatic rings. The Labute approximate surface area is 108 Å². The highest BCUT2D eigenvalue weighted by Crippen LogP contribution is 2.28. The van der Waals surface area contributed by atoms with E-state index in [1.54, 1.807) is 6.92 Å². The second kappa shape index (κ2) is 6.36. The lowest BCUT2D eigenvalue weighted by atomic mass is 10.0. The minimum absolute atomic E-state index is 0.230. The van der Waals surface area contributed by atoms with Crippen molar-refractivity contribution in [3.8, 4) is 6.07 Å². The van der Waals surface area contributed by atoms with Crippen LogP contribution < -0.4 is 10.6 Å². The maximum Gasteiger partial charge on any atom is 0.126 e. The second-order valence-electron chi connectivity index (χ2n) is 4.44. The zero-order valence-electron chi connectivity index (χ0n) is 11.2. The number of anilines is 1. The maximum atomic E-state index is 13.6. The lowest BCUT2D eigenvalue weighted by Crippen LogP contribution is -2.26. The minimum Gasteiger partial charge on any atom is -0.370 e. The molecule has 1 unspecified atom stereocenters. The van der Waals surface area contributed by atoms with E-state index in [0.29, 0.717) is 18.5 Å². The Morgan fingerprint density at radius 3 is 2.67 bits per heavy atom. The van der Waals surface area contributed by atoms with Crippen LogP contribution in [0.4, 0.5) is 10.1 Å². The van der Waals surface area contributed by atoms with Gasteiger partial charge in [0.15, 0.2) is 0 Å². The Kier molecular flexibility index (Phi) is 5.11. The maximum absolute atomic E-state index is 13.6. The van der Waals surface area contributed by atoms with Gasteiger partial charge in [0.05, 0.1) is 12.5 Å². The smallest absolute Gasteiger partial charge is 0.126 e. The summed E-state index contributed by atoms with van der Waals surface area (Å²) in [5.41, 5.74) is 8.22. The van der Waals surface area contributed by atoms with Gasteiger partial charge in [0, 0.05) is 24.8 Å². The van der Waals surface area contributed by atoms with Gasteiger partial charge in [-0.05, 0) is 44.0 Å². The molecule has 1 aromatic rings. The lowest BCUT2D eigenvalue weighted by molar-refractivity contribution is 0.612. The highest BCUT2D eigenvalue weighted by atomic mass is 19.1. The second-order valence-corrected chi connectivity index (χ2v) is 4.44. The Balaban J connectivity index is 3.19. The van der Waals surface area contributed by atoms with Crippen molar-refractivity contribution in [1.29, 1.82) is 5.26 Å². The predicted molar refractivity (Wildman–Crippen MR) is 71.9 cm³/mol. The molecule has 0 amide bonds. The molecule has 1 rings (SSSR count). The molecule has 1 atom stereocenters. The number of halogens is 1. The summed E-state index contributed by atoms with van der Waals surface area (Å²) in [6, 6.07) is 5.22. The van der Waals surface area contributed by atoms with Crippen molar-refractivity contribution in [3.05, 3.63) is 29.1 Å². The van der Waals surface area contributed by atoms with E-state index in [-0.39, 0.29) is 11.9 Å². The molecule has 0 fully saturated rings. The van der Waals surface area contributed by atoms with E-state index in [1.165, 1.54) is 6.07 Å². The molecule has 0 bridgehead atoms. The highest BCUT2D eigenvalue weighted by Gasteiger charge is 2.15. The van der Waals surface area contributed by atoms with Crippen LogP contribution in [0.15, 0.2) is 12.1 Å². The van der Waals surface area contributed by atoms with Crippen LogP contribution in [0.25, 0.3) is 0 Å². The monoisotopic (exact) mass is 249 g/mol. The minimum atomic E-state index is -0.234. The average molecular weight is 249 g/mol. The first-order chi connectivity index (χ1) is 8.51. The Morgan fingerprint density at radius 1 is 1.50 bits per heavy atom. The standard InChI is InChI=1S/C14H20FN3/c1-4-18(7-5-6-16)14-8-10(2)13(15)9-12(14)11(3)17/h8-9,11H,4-5,7,17H2,1-3H3. The summed E-state index contributed by atoms with van der Waals surface area (Å²) >= 11 is 0. The van der Waals surface area contributed by atoms with Crippen molar-refractivity contribution in [2.24, 2.45) is 5.73 Å². The first-order valence-electron chi connectivity index (χ1n) is 6.18. The van der Waals surface area contributed by atoms with Crippen molar-refractivity contribution >= 4 is 5.69 Å². The quantitative estimate of drug-likeness (QED) is 0.873. The number of hydrogen-bond donors (Lipinski definition) is 1. The van der Waals surface area contributed by atoms with E-state index < -0.39 is 0 Å². The van der Waals surface area contributed by atoms with Gasteiger partial charge in [-0.2, -0.15) is 5.26 Å². The van der Waals surface area contributed by atoms with Crippen LogP contribution in [0, 0.1) is 24.1 Å². The van der Waals surface area contributed by atoms with E-state index >= 15 is 0 Å². The van der Waals surface area contributed by atoms with Gasteiger partial charge in [0.1, 0.15) is 5.82 Å². The van der Waals surface area contributed by atoms with Gasteiger partial charge in [0.2, 0.25) is 0 Å². The average Bonchev–Trinajstić information content (AvgIpc) is 2.33. The molecule has 0 aromatic heterocycles. The molecule has 18 heavy (non-hydrogen) atoms. The number of nitrogens with two attached hydrogens (primary N) is 1. The fourth-order valence-electron chi connectivity index (χ4n) is 1.95. The van der Waals surface area contributed by atoms with Crippen LogP contribution in [0.1, 0.15) is 37.4 Å². The summed E-state index contributed by atoms with van der Waals surface area (Å²) in [4.78, 5) is 2.06. The van der Waals surface area contributed by atoms with Gasteiger partial charge in [-0.15, -0.1) is 0 Å². The molecule has 0 radical (unpaired) electrons. The van der Waals surface area contributed by atoms with Crippen LogP contribution >= 0.6 is 0 Å². The Hall–Kier alpha value is -1.60. The van der Waals surface area contributed by atoms with Gasteiger partial charge >= 0.3 is 0 Å². The zero-order chi connectivity index (χ0) is 13.7. The lowest BCUT2D eigenvalue weighted by Gasteiger charge is -2.26. The summed E-state index contributed by atoms with van der Waals surface area (Å²) in [6.45, 7) is 7.00. The van der Waals surface area contributed by atoms with E-state index in [0.717, 1.165) is 17.8 Å². The Morgan fingerprint density at radius 2 is 2.17 bits per heavy atom. The number of nitriles is 1. The molecule has 0 saturated carbocycles. The first kappa shape index (κ1) is 14.5. The molecule has 0 aliphatic carbocycles. The van der Waals surface area contributed by atoms with Crippen molar-refractivity contribution in [1.82, 2.24) is 0 Å². The van der Waals surface area contributed by atoms with E-state index in [4.69, 9.17) is 11.0 Å². The van der Waals surface area contributed by atoms with Crippen LogP contribution in [-0.2, 0) is 0 Å². The fourth-order valence-corrected chi connectivity index (χ4v) is 1.95. The van der Waals surface area contributed by atoms with Gasteiger partial charge in [-0.25, -0.2) is 4.39 Å². The largest absolute Gasteiger partial charge is 0.370 e. The van der Waals surface area contributed by atoms with Crippen molar-refractivity contribution in [3.63, 3.8) is 0 Å². The molecule has 2 N–H and O–H groups in total. The number of rotatable bonds is 5. The van der Waals surface area contributed by atoms with Gasteiger partial charge < -0.3 is 10.6 Å². The third-order valence-corrected chi connectivity index (χ3v) is 3.01. The van der Waals surface area contributed by atoms with Crippen molar-refractivity contribution < 1.29 is 4.39 Å². The molecule has 0 saturated heterocycles.